The molecule has 0 aliphatic carbocycles. The zero-order valence-electron chi connectivity index (χ0n) is 18.0. The molecule has 0 radical (unpaired) electrons. The molecular formula is C23H30N4O2S. The number of pyridine rings is 1. The van der Waals surface area contributed by atoms with Crippen molar-refractivity contribution in [3.05, 3.63) is 59.4 Å². The zero-order chi connectivity index (χ0) is 21.3. The number of piperazine rings is 1. The Labute approximate surface area is 179 Å². The number of hydrogen-bond donors (Lipinski definition) is 0. The molecule has 2 aromatic heterocycles. The van der Waals surface area contributed by atoms with Crippen molar-refractivity contribution >= 4 is 21.1 Å². The van der Waals surface area contributed by atoms with Gasteiger partial charge in [-0.05, 0) is 68.1 Å². The van der Waals surface area contributed by atoms with Crippen molar-refractivity contribution in [2.75, 3.05) is 32.7 Å². The largest absolute Gasteiger partial charge is 0.333 e. The molecule has 0 spiro atoms. The fourth-order valence-electron chi connectivity index (χ4n) is 4.34. The van der Waals surface area contributed by atoms with Crippen molar-refractivity contribution in [1.29, 1.82) is 0 Å². The van der Waals surface area contributed by atoms with Crippen LogP contribution in [0.2, 0.25) is 0 Å². The Morgan fingerprint density at radius 3 is 2.40 bits per heavy atom. The number of benzene rings is 1. The Morgan fingerprint density at radius 1 is 1.03 bits per heavy atom. The minimum Gasteiger partial charge on any atom is -0.333 e. The van der Waals surface area contributed by atoms with E-state index < -0.39 is 10.0 Å². The maximum atomic E-state index is 13.1. The van der Waals surface area contributed by atoms with Crippen LogP contribution in [0.5, 0.6) is 0 Å². The smallest absolute Gasteiger partial charge is 0.243 e. The molecule has 0 amide bonds. The molecule has 0 saturated carbocycles. The number of rotatable bonds is 6. The average molecular weight is 427 g/mol. The normalized spacial score (nSPS) is 16.4. The van der Waals surface area contributed by atoms with Gasteiger partial charge in [0, 0.05) is 57.0 Å². The number of aryl methyl sites for hydroxylation is 3. The molecule has 1 fully saturated rings. The summed E-state index contributed by atoms with van der Waals surface area (Å²) in [6.45, 7) is 10.4. The van der Waals surface area contributed by atoms with Crippen molar-refractivity contribution in [1.82, 2.24) is 18.8 Å². The van der Waals surface area contributed by atoms with Crippen LogP contribution in [0.1, 0.15) is 23.6 Å². The topological polar surface area (TPSA) is 58.4 Å². The van der Waals surface area contributed by atoms with Crippen molar-refractivity contribution in [3.8, 4) is 0 Å². The molecular weight excluding hydrogens is 396 g/mol. The fraction of sp³-hybridized carbons (Fsp3) is 0.435. The Morgan fingerprint density at radius 2 is 1.73 bits per heavy atom. The lowest BCUT2D eigenvalue weighted by molar-refractivity contribution is 0.190. The highest BCUT2D eigenvalue weighted by Gasteiger charge is 2.28. The SMILES string of the molecule is CCn1cc(CCN2CCN(S(=O)(=O)c3cc(C)cc(C)c3)CC2)c2cccnc21. The van der Waals surface area contributed by atoms with Crippen LogP contribution < -0.4 is 0 Å². The third-order valence-corrected chi connectivity index (χ3v) is 7.80. The van der Waals surface area contributed by atoms with Crippen LogP contribution in [0.4, 0.5) is 0 Å². The molecule has 0 atom stereocenters. The summed E-state index contributed by atoms with van der Waals surface area (Å²) >= 11 is 0. The molecule has 0 bridgehead atoms. The first-order valence-corrected chi connectivity index (χ1v) is 12.1. The van der Waals surface area contributed by atoms with E-state index in [9.17, 15) is 8.42 Å². The first kappa shape index (κ1) is 21.0. The van der Waals surface area contributed by atoms with Gasteiger partial charge in [-0.1, -0.05) is 6.07 Å². The molecule has 1 aliphatic heterocycles. The quantitative estimate of drug-likeness (QED) is 0.607. The van der Waals surface area contributed by atoms with E-state index in [1.165, 1.54) is 10.9 Å². The number of nitrogens with zero attached hydrogens (tertiary/aromatic N) is 4. The van der Waals surface area contributed by atoms with Crippen LogP contribution >= 0.6 is 0 Å². The summed E-state index contributed by atoms with van der Waals surface area (Å²) in [5, 5.41) is 1.22. The van der Waals surface area contributed by atoms with Crippen molar-refractivity contribution in [2.24, 2.45) is 0 Å². The summed E-state index contributed by atoms with van der Waals surface area (Å²) in [5.41, 5.74) is 4.31. The summed E-state index contributed by atoms with van der Waals surface area (Å²) < 4.78 is 29.9. The van der Waals surface area contributed by atoms with E-state index in [4.69, 9.17) is 0 Å². The summed E-state index contributed by atoms with van der Waals surface area (Å²) in [5.74, 6) is 0. The van der Waals surface area contributed by atoms with Crippen LogP contribution in [0, 0.1) is 13.8 Å². The van der Waals surface area contributed by atoms with Crippen LogP contribution in [0.3, 0.4) is 0 Å². The molecule has 160 valence electrons. The molecule has 0 unspecified atom stereocenters. The summed E-state index contributed by atoms with van der Waals surface area (Å²) in [7, 11) is -3.43. The average Bonchev–Trinajstić information content (AvgIpc) is 3.10. The van der Waals surface area contributed by atoms with Crippen LogP contribution in [0.15, 0.2) is 47.6 Å². The maximum Gasteiger partial charge on any atom is 0.243 e. The van der Waals surface area contributed by atoms with Crippen molar-refractivity contribution < 1.29 is 8.42 Å². The molecule has 7 heteroatoms. The highest BCUT2D eigenvalue weighted by atomic mass is 32.2. The summed E-state index contributed by atoms with van der Waals surface area (Å²) in [4.78, 5) is 7.29. The molecule has 1 aromatic carbocycles. The van der Waals surface area contributed by atoms with E-state index in [0.717, 1.165) is 49.4 Å². The molecule has 3 aromatic rings. The van der Waals surface area contributed by atoms with Gasteiger partial charge in [-0.3, -0.25) is 0 Å². The highest BCUT2D eigenvalue weighted by molar-refractivity contribution is 7.89. The molecule has 0 N–H and O–H groups in total. The van der Waals surface area contributed by atoms with E-state index in [1.54, 1.807) is 16.4 Å². The molecule has 1 aliphatic rings. The lowest BCUT2D eigenvalue weighted by Gasteiger charge is -2.34. The van der Waals surface area contributed by atoms with E-state index in [0.29, 0.717) is 18.0 Å². The summed E-state index contributed by atoms with van der Waals surface area (Å²) in [6, 6.07) is 9.67. The van der Waals surface area contributed by atoms with E-state index in [-0.39, 0.29) is 0 Å². The van der Waals surface area contributed by atoms with Gasteiger partial charge in [0.2, 0.25) is 10.0 Å². The number of aromatic nitrogens is 2. The lowest BCUT2D eigenvalue weighted by Crippen LogP contribution is -2.49. The third kappa shape index (κ3) is 4.15. The Kier molecular flexibility index (Phi) is 5.95. The van der Waals surface area contributed by atoms with Crippen molar-refractivity contribution in [2.45, 2.75) is 38.6 Å². The second-order valence-electron chi connectivity index (χ2n) is 8.13. The van der Waals surface area contributed by atoms with Gasteiger partial charge in [-0.2, -0.15) is 4.31 Å². The van der Waals surface area contributed by atoms with Gasteiger partial charge in [0.15, 0.2) is 0 Å². The van der Waals surface area contributed by atoms with E-state index in [2.05, 4.69) is 33.6 Å². The molecule has 1 saturated heterocycles. The fourth-order valence-corrected chi connectivity index (χ4v) is 5.95. The molecule has 6 nitrogen and oxygen atoms in total. The van der Waals surface area contributed by atoms with Gasteiger partial charge in [-0.25, -0.2) is 13.4 Å². The van der Waals surface area contributed by atoms with Gasteiger partial charge < -0.3 is 9.47 Å². The molecule has 4 rings (SSSR count). The van der Waals surface area contributed by atoms with Crippen LogP contribution in [-0.4, -0.2) is 59.9 Å². The zero-order valence-corrected chi connectivity index (χ0v) is 18.8. The predicted molar refractivity (Wildman–Crippen MR) is 120 cm³/mol. The highest BCUT2D eigenvalue weighted by Crippen LogP contribution is 2.22. The van der Waals surface area contributed by atoms with Gasteiger partial charge in [0.25, 0.3) is 0 Å². The van der Waals surface area contributed by atoms with E-state index >= 15 is 0 Å². The Balaban J connectivity index is 1.39. The van der Waals surface area contributed by atoms with E-state index in [1.807, 2.05) is 32.2 Å². The van der Waals surface area contributed by atoms with Crippen molar-refractivity contribution in [3.63, 3.8) is 0 Å². The first-order chi connectivity index (χ1) is 14.4. The molecule has 3 heterocycles. The monoisotopic (exact) mass is 426 g/mol. The van der Waals surface area contributed by atoms with Gasteiger partial charge in [0.1, 0.15) is 5.65 Å². The number of hydrogen-bond acceptors (Lipinski definition) is 4. The van der Waals surface area contributed by atoms with Gasteiger partial charge in [0.05, 0.1) is 4.90 Å². The van der Waals surface area contributed by atoms with Gasteiger partial charge >= 0.3 is 0 Å². The summed E-state index contributed by atoms with van der Waals surface area (Å²) in [6.07, 6.45) is 4.99. The molecule has 30 heavy (non-hydrogen) atoms. The third-order valence-electron chi connectivity index (χ3n) is 5.92. The standard InChI is InChI=1S/C23H30N4O2S/c1-4-26-17-20(22-6-5-8-24-23(22)26)7-9-25-10-12-27(13-11-25)30(28,29)21-15-18(2)14-19(3)16-21/h5-6,8,14-17H,4,7,9-13H2,1-3H3. The minimum absolute atomic E-state index is 0.410. The minimum atomic E-state index is -3.43. The predicted octanol–water partition coefficient (Wildman–Crippen LogP) is 3.22. The maximum absolute atomic E-state index is 13.1. The van der Waals surface area contributed by atoms with Crippen LogP contribution in [-0.2, 0) is 23.0 Å². The number of fused-ring (bicyclic) bond motifs is 1. The second-order valence-corrected chi connectivity index (χ2v) is 10.1. The Bertz CT molecular complexity index is 1120. The lowest BCUT2D eigenvalue weighted by atomic mass is 10.1. The first-order valence-electron chi connectivity index (χ1n) is 10.6. The second kappa shape index (κ2) is 8.49. The Hall–Kier alpha value is -2.22. The van der Waals surface area contributed by atoms with Crippen LogP contribution in [0.25, 0.3) is 11.0 Å². The number of sulfonamides is 1. The van der Waals surface area contributed by atoms with Gasteiger partial charge in [-0.15, -0.1) is 0 Å².